The molecule has 0 aliphatic rings. The van der Waals surface area contributed by atoms with E-state index in [1.807, 2.05) is 0 Å². The first-order valence-electron chi connectivity index (χ1n) is 5.11. The summed E-state index contributed by atoms with van der Waals surface area (Å²) >= 11 is 11.6. The van der Waals surface area contributed by atoms with Crippen molar-refractivity contribution in [1.29, 1.82) is 0 Å². The van der Waals surface area contributed by atoms with E-state index in [1.54, 1.807) is 12.1 Å². The van der Waals surface area contributed by atoms with Crippen LogP contribution in [0.25, 0.3) is 0 Å². The van der Waals surface area contributed by atoms with Gasteiger partial charge in [0.05, 0.1) is 11.1 Å². The summed E-state index contributed by atoms with van der Waals surface area (Å²) in [6.07, 6.45) is 2.53. The lowest BCUT2D eigenvalue weighted by Gasteiger charge is -2.07. The second kappa shape index (κ2) is 5.32. The highest BCUT2D eigenvalue weighted by Gasteiger charge is 2.08. The van der Waals surface area contributed by atoms with Crippen molar-refractivity contribution in [3.63, 3.8) is 0 Å². The van der Waals surface area contributed by atoms with Crippen molar-refractivity contribution in [2.45, 2.75) is 4.90 Å². The molecule has 0 amide bonds. The quantitative estimate of drug-likeness (QED) is 0.881. The summed E-state index contributed by atoms with van der Waals surface area (Å²) in [5.74, 6) is 0.355. The van der Waals surface area contributed by atoms with E-state index in [1.165, 1.54) is 18.3 Å². The van der Waals surface area contributed by atoms with Gasteiger partial charge in [0, 0.05) is 11.9 Å². The van der Waals surface area contributed by atoms with Crippen LogP contribution in [0.2, 0.25) is 10.3 Å². The van der Waals surface area contributed by atoms with Crippen LogP contribution in [0.1, 0.15) is 0 Å². The second-order valence-electron chi connectivity index (χ2n) is 3.76. The van der Waals surface area contributed by atoms with E-state index in [9.17, 15) is 8.42 Å². The van der Waals surface area contributed by atoms with Crippen molar-refractivity contribution >= 4 is 44.5 Å². The Labute approximate surface area is 120 Å². The van der Waals surface area contributed by atoms with Crippen LogP contribution in [-0.2, 0) is 9.84 Å². The maximum Gasteiger partial charge on any atom is 0.224 e. The fraction of sp³-hybridized carbons (Fsp3) is 0.0909. The molecular formula is C11H9Cl2N3O2S. The molecule has 2 aromatic rings. The van der Waals surface area contributed by atoms with Gasteiger partial charge in [-0.3, -0.25) is 0 Å². The molecule has 1 heterocycles. The molecule has 8 heteroatoms. The largest absolute Gasteiger partial charge is 0.339 e. The Bertz CT molecular complexity index is 702. The summed E-state index contributed by atoms with van der Waals surface area (Å²) in [6, 6.07) is 6.22. The van der Waals surface area contributed by atoms with Crippen LogP contribution in [0.3, 0.4) is 0 Å². The van der Waals surface area contributed by atoms with Gasteiger partial charge in [-0.05, 0) is 35.9 Å². The fourth-order valence-corrected chi connectivity index (χ4v) is 2.26. The summed E-state index contributed by atoms with van der Waals surface area (Å²) in [5, 5.41) is 3.31. The molecule has 0 unspecified atom stereocenters. The smallest absolute Gasteiger partial charge is 0.224 e. The molecule has 19 heavy (non-hydrogen) atoms. The Hall–Kier alpha value is -1.37. The second-order valence-corrected chi connectivity index (χ2v) is 6.52. The number of hydrogen-bond acceptors (Lipinski definition) is 5. The molecule has 0 aliphatic carbocycles. The third-order valence-electron chi connectivity index (χ3n) is 2.26. The van der Waals surface area contributed by atoms with E-state index in [2.05, 4.69) is 15.3 Å². The first kappa shape index (κ1) is 14.0. The van der Waals surface area contributed by atoms with Crippen LogP contribution in [0, 0.1) is 0 Å². The molecule has 1 N–H and O–H groups in total. The normalized spacial score (nSPS) is 11.3. The van der Waals surface area contributed by atoms with Gasteiger partial charge < -0.3 is 5.32 Å². The number of nitrogens with one attached hydrogen (secondary N) is 1. The van der Waals surface area contributed by atoms with Crippen molar-refractivity contribution < 1.29 is 8.42 Å². The lowest BCUT2D eigenvalue weighted by atomic mass is 10.3. The molecule has 0 saturated heterocycles. The third-order valence-corrected chi connectivity index (χ3v) is 3.85. The minimum absolute atomic E-state index is 0.0691. The summed E-state index contributed by atoms with van der Waals surface area (Å²) in [7, 11) is -3.21. The van der Waals surface area contributed by atoms with Crippen LogP contribution in [0.5, 0.6) is 0 Å². The van der Waals surface area contributed by atoms with Gasteiger partial charge in [-0.1, -0.05) is 11.6 Å². The highest BCUT2D eigenvalue weighted by atomic mass is 35.5. The van der Waals surface area contributed by atoms with Gasteiger partial charge in [0.15, 0.2) is 15.7 Å². The molecule has 0 saturated carbocycles. The number of hydrogen-bond donors (Lipinski definition) is 1. The van der Waals surface area contributed by atoms with Gasteiger partial charge in [-0.15, -0.1) is 0 Å². The number of rotatable bonds is 3. The molecule has 1 aromatic heterocycles. The zero-order chi connectivity index (χ0) is 14.0. The molecule has 2 rings (SSSR count). The monoisotopic (exact) mass is 317 g/mol. The molecule has 0 spiro atoms. The Morgan fingerprint density at radius 2 is 1.79 bits per heavy atom. The zero-order valence-electron chi connectivity index (χ0n) is 9.76. The SMILES string of the molecule is CS(=O)(=O)c1ccc(Nc2nc(Cl)ncc2Cl)cc1. The number of anilines is 2. The summed E-state index contributed by atoms with van der Waals surface area (Å²) in [4.78, 5) is 7.90. The topological polar surface area (TPSA) is 72.0 Å². The van der Waals surface area contributed by atoms with E-state index in [4.69, 9.17) is 23.2 Å². The van der Waals surface area contributed by atoms with Crippen molar-refractivity contribution in [3.8, 4) is 0 Å². The van der Waals surface area contributed by atoms with Crippen molar-refractivity contribution in [2.24, 2.45) is 0 Å². The van der Waals surface area contributed by atoms with Crippen molar-refractivity contribution in [2.75, 3.05) is 11.6 Å². The van der Waals surface area contributed by atoms with Gasteiger partial charge in [-0.25, -0.2) is 13.4 Å². The van der Waals surface area contributed by atoms with E-state index in [-0.39, 0.29) is 10.2 Å². The molecule has 0 atom stereocenters. The van der Waals surface area contributed by atoms with Crippen LogP contribution < -0.4 is 5.32 Å². The van der Waals surface area contributed by atoms with E-state index in [0.717, 1.165) is 6.26 Å². The molecule has 0 aliphatic heterocycles. The van der Waals surface area contributed by atoms with Gasteiger partial charge in [0.25, 0.3) is 0 Å². The van der Waals surface area contributed by atoms with Gasteiger partial charge >= 0.3 is 0 Å². The number of aromatic nitrogens is 2. The Morgan fingerprint density at radius 1 is 1.16 bits per heavy atom. The van der Waals surface area contributed by atoms with E-state index in [0.29, 0.717) is 16.5 Å². The molecule has 100 valence electrons. The zero-order valence-corrected chi connectivity index (χ0v) is 12.1. The molecule has 0 radical (unpaired) electrons. The lowest BCUT2D eigenvalue weighted by molar-refractivity contribution is 0.602. The number of nitrogens with zero attached hydrogens (tertiary/aromatic N) is 2. The minimum atomic E-state index is -3.21. The average Bonchev–Trinajstić information content (AvgIpc) is 2.33. The number of sulfone groups is 1. The summed E-state index contributed by atoms with van der Waals surface area (Å²) in [6.45, 7) is 0. The van der Waals surface area contributed by atoms with Gasteiger partial charge in [-0.2, -0.15) is 4.98 Å². The summed E-state index contributed by atoms with van der Waals surface area (Å²) in [5.41, 5.74) is 0.643. The molecular weight excluding hydrogens is 309 g/mol. The van der Waals surface area contributed by atoms with E-state index >= 15 is 0 Å². The van der Waals surface area contributed by atoms with Crippen molar-refractivity contribution in [3.05, 3.63) is 40.8 Å². The molecule has 0 bridgehead atoms. The standard InChI is InChI=1S/C11H9Cl2N3O2S/c1-19(17,18)8-4-2-7(3-5-8)15-10-9(12)6-14-11(13)16-10/h2-6H,1H3,(H,14,15,16). The number of benzene rings is 1. The van der Waals surface area contributed by atoms with Crippen LogP contribution in [0.15, 0.2) is 35.4 Å². The highest BCUT2D eigenvalue weighted by molar-refractivity contribution is 7.90. The molecule has 5 nitrogen and oxygen atoms in total. The van der Waals surface area contributed by atoms with Gasteiger partial charge in [0.1, 0.15) is 5.02 Å². The predicted molar refractivity (Wildman–Crippen MR) is 74.9 cm³/mol. The van der Waals surface area contributed by atoms with Crippen LogP contribution >= 0.6 is 23.2 Å². The lowest BCUT2D eigenvalue weighted by Crippen LogP contribution is -1.99. The van der Waals surface area contributed by atoms with Gasteiger partial charge in [0.2, 0.25) is 5.28 Å². The Kier molecular flexibility index (Phi) is 3.93. The number of halogens is 2. The molecule has 0 fully saturated rings. The Morgan fingerprint density at radius 3 is 2.37 bits per heavy atom. The van der Waals surface area contributed by atoms with Crippen LogP contribution in [0.4, 0.5) is 11.5 Å². The van der Waals surface area contributed by atoms with E-state index < -0.39 is 9.84 Å². The fourth-order valence-electron chi connectivity index (χ4n) is 1.36. The first-order chi connectivity index (χ1) is 8.86. The minimum Gasteiger partial charge on any atom is -0.339 e. The van der Waals surface area contributed by atoms with Crippen LogP contribution in [-0.4, -0.2) is 24.6 Å². The Balaban J connectivity index is 2.27. The van der Waals surface area contributed by atoms with Crippen molar-refractivity contribution in [1.82, 2.24) is 9.97 Å². The highest BCUT2D eigenvalue weighted by Crippen LogP contribution is 2.24. The molecule has 1 aromatic carbocycles. The summed E-state index contributed by atoms with van der Waals surface area (Å²) < 4.78 is 22.6. The predicted octanol–water partition coefficient (Wildman–Crippen LogP) is 2.93. The first-order valence-corrected chi connectivity index (χ1v) is 7.76. The third kappa shape index (κ3) is 3.56. The average molecular weight is 318 g/mol. The maximum atomic E-state index is 11.3. The maximum absolute atomic E-state index is 11.3.